The molecule has 6 nitrogen and oxygen atoms in total. The lowest BCUT2D eigenvalue weighted by atomic mass is 9.92. The molecule has 0 saturated carbocycles. The maximum atomic E-state index is 12.4. The highest BCUT2D eigenvalue weighted by atomic mass is 32.2. The summed E-state index contributed by atoms with van der Waals surface area (Å²) in [5, 5.41) is 3.03. The number of nitrogens with zero attached hydrogens (tertiary/aromatic N) is 2. The summed E-state index contributed by atoms with van der Waals surface area (Å²) in [6.07, 6.45) is 4.43. The zero-order chi connectivity index (χ0) is 19.2. The van der Waals surface area contributed by atoms with Gasteiger partial charge in [0.25, 0.3) is 0 Å². The summed E-state index contributed by atoms with van der Waals surface area (Å²) in [4.78, 5) is 14.9. The summed E-state index contributed by atoms with van der Waals surface area (Å²) in [6, 6.07) is 0. The van der Waals surface area contributed by atoms with Crippen molar-refractivity contribution in [2.75, 3.05) is 45.0 Å². The average Bonchev–Trinajstić information content (AvgIpc) is 2.58. The van der Waals surface area contributed by atoms with Gasteiger partial charge in [-0.3, -0.25) is 4.79 Å². The van der Waals surface area contributed by atoms with Gasteiger partial charge in [-0.05, 0) is 50.5 Å². The van der Waals surface area contributed by atoms with E-state index in [-0.39, 0.29) is 17.6 Å². The minimum Gasteiger partial charge on any atom is -0.356 e. The maximum Gasteiger partial charge on any atom is 0.224 e. The largest absolute Gasteiger partial charge is 0.356 e. The molecule has 3 unspecified atom stereocenters. The maximum absolute atomic E-state index is 12.4. The molecule has 0 spiro atoms. The molecule has 0 aliphatic carbocycles. The highest BCUT2D eigenvalue weighted by Crippen LogP contribution is 2.21. The number of rotatable bonds is 8. The molecule has 0 bridgehead atoms. The zero-order valence-electron chi connectivity index (χ0n) is 16.7. The summed E-state index contributed by atoms with van der Waals surface area (Å²) in [6.45, 7) is 11.4. The number of hydrogen-bond donors (Lipinski definition) is 1. The lowest BCUT2D eigenvalue weighted by molar-refractivity contribution is -0.126. The van der Waals surface area contributed by atoms with Gasteiger partial charge < -0.3 is 10.2 Å². The second-order valence-corrected chi connectivity index (χ2v) is 10.5. The fourth-order valence-electron chi connectivity index (χ4n) is 4.43. The normalized spacial score (nSPS) is 28.8. The topological polar surface area (TPSA) is 69.7 Å². The van der Waals surface area contributed by atoms with Gasteiger partial charge in [0, 0.05) is 32.7 Å². The third-order valence-corrected chi connectivity index (χ3v) is 7.55. The number of nitrogens with one attached hydrogen (secondary N) is 1. The SMILES string of the molecule is CCCS(=O)(=O)N1CCCC(C(=O)NCCCN2CC(C)CC(C)C2)C1. The van der Waals surface area contributed by atoms with Crippen LogP contribution in [0.25, 0.3) is 0 Å². The Morgan fingerprint density at radius 2 is 1.85 bits per heavy atom. The Bertz CT molecular complexity index is 542. The van der Waals surface area contributed by atoms with E-state index in [0.29, 0.717) is 26.1 Å². The summed E-state index contributed by atoms with van der Waals surface area (Å²) in [5.41, 5.74) is 0. The smallest absolute Gasteiger partial charge is 0.224 e. The molecule has 0 aromatic heterocycles. The molecule has 2 aliphatic rings. The Kier molecular flexibility index (Phi) is 8.36. The molecule has 2 rings (SSSR count). The highest BCUT2D eigenvalue weighted by molar-refractivity contribution is 7.89. The van der Waals surface area contributed by atoms with Gasteiger partial charge in [-0.25, -0.2) is 12.7 Å². The second kappa shape index (κ2) is 10.0. The Hall–Kier alpha value is -0.660. The van der Waals surface area contributed by atoms with Crippen molar-refractivity contribution in [3.8, 4) is 0 Å². The Morgan fingerprint density at radius 3 is 2.50 bits per heavy atom. The Labute approximate surface area is 159 Å². The number of likely N-dealkylation sites (tertiary alicyclic amines) is 1. The summed E-state index contributed by atoms with van der Waals surface area (Å²) in [5.74, 6) is 1.50. The number of carbonyl (C=O) groups is 1. The van der Waals surface area contributed by atoms with Crippen LogP contribution in [0, 0.1) is 17.8 Å². The van der Waals surface area contributed by atoms with E-state index < -0.39 is 10.0 Å². The number of carbonyl (C=O) groups excluding carboxylic acids is 1. The van der Waals surface area contributed by atoms with E-state index in [4.69, 9.17) is 0 Å². The van der Waals surface area contributed by atoms with Gasteiger partial charge in [-0.1, -0.05) is 20.8 Å². The third kappa shape index (κ3) is 6.50. The van der Waals surface area contributed by atoms with Crippen LogP contribution in [0.1, 0.15) is 52.9 Å². The van der Waals surface area contributed by atoms with E-state index >= 15 is 0 Å². The molecular formula is C19H37N3O3S. The molecule has 2 heterocycles. The molecule has 7 heteroatoms. The molecule has 0 aromatic carbocycles. The van der Waals surface area contributed by atoms with Gasteiger partial charge in [0.15, 0.2) is 0 Å². The molecule has 152 valence electrons. The first-order valence-corrected chi connectivity index (χ1v) is 11.9. The quantitative estimate of drug-likeness (QED) is 0.646. The van der Waals surface area contributed by atoms with Crippen molar-refractivity contribution < 1.29 is 13.2 Å². The van der Waals surface area contributed by atoms with Crippen LogP contribution < -0.4 is 5.32 Å². The minimum atomic E-state index is -3.20. The van der Waals surface area contributed by atoms with Gasteiger partial charge in [0.2, 0.25) is 15.9 Å². The van der Waals surface area contributed by atoms with Crippen molar-refractivity contribution >= 4 is 15.9 Å². The fourth-order valence-corrected chi connectivity index (χ4v) is 6.02. The van der Waals surface area contributed by atoms with Crippen molar-refractivity contribution in [2.45, 2.75) is 52.9 Å². The summed E-state index contributed by atoms with van der Waals surface area (Å²) >= 11 is 0. The lowest BCUT2D eigenvalue weighted by Gasteiger charge is -2.35. The highest BCUT2D eigenvalue weighted by Gasteiger charge is 2.31. The lowest BCUT2D eigenvalue weighted by Crippen LogP contribution is -2.46. The monoisotopic (exact) mass is 387 g/mol. The fraction of sp³-hybridized carbons (Fsp3) is 0.947. The van der Waals surface area contributed by atoms with Crippen LogP contribution in [0.15, 0.2) is 0 Å². The van der Waals surface area contributed by atoms with E-state index in [9.17, 15) is 13.2 Å². The Balaban J connectivity index is 1.70. The first-order valence-electron chi connectivity index (χ1n) is 10.3. The molecule has 3 atom stereocenters. The van der Waals surface area contributed by atoms with Crippen LogP contribution >= 0.6 is 0 Å². The summed E-state index contributed by atoms with van der Waals surface area (Å²) < 4.78 is 26.0. The van der Waals surface area contributed by atoms with Crippen molar-refractivity contribution in [3.05, 3.63) is 0 Å². The van der Waals surface area contributed by atoms with Crippen LogP contribution in [-0.2, 0) is 14.8 Å². The molecule has 0 aromatic rings. The first-order chi connectivity index (χ1) is 12.3. The van der Waals surface area contributed by atoms with E-state index in [1.807, 2.05) is 6.92 Å². The molecule has 0 radical (unpaired) electrons. The molecule has 2 aliphatic heterocycles. The molecule has 1 N–H and O–H groups in total. The van der Waals surface area contributed by atoms with E-state index in [1.165, 1.54) is 10.7 Å². The zero-order valence-corrected chi connectivity index (χ0v) is 17.6. The number of sulfonamides is 1. The molecule has 26 heavy (non-hydrogen) atoms. The molecular weight excluding hydrogens is 350 g/mol. The van der Waals surface area contributed by atoms with Gasteiger partial charge >= 0.3 is 0 Å². The number of amides is 1. The van der Waals surface area contributed by atoms with E-state index in [1.54, 1.807) is 0 Å². The van der Waals surface area contributed by atoms with Crippen molar-refractivity contribution in [1.29, 1.82) is 0 Å². The molecule has 2 saturated heterocycles. The number of hydrogen-bond acceptors (Lipinski definition) is 4. The first kappa shape index (κ1) is 21.6. The third-order valence-electron chi connectivity index (χ3n) is 5.51. The number of piperidine rings is 2. The Morgan fingerprint density at radius 1 is 1.15 bits per heavy atom. The van der Waals surface area contributed by atoms with Crippen molar-refractivity contribution in [3.63, 3.8) is 0 Å². The average molecular weight is 388 g/mol. The molecule has 2 fully saturated rings. The predicted octanol–water partition coefficient (Wildman–Crippen LogP) is 1.92. The second-order valence-electron chi connectivity index (χ2n) is 8.36. The van der Waals surface area contributed by atoms with E-state index in [0.717, 1.165) is 50.7 Å². The molecule has 1 amide bonds. The van der Waals surface area contributed by atoms with Gasteiger partial charge in [-0.15, -0.1) is 0 Å². The van der Waals surface area contributed by atoms with Crippen LogP contribution in [0.3, 0.4) is 0 Å². The van der Waals surface area contributed by atoms with Crippen LogP contribution in [0.2, 0.25) is 0 Å². The van der Waals surface area contributed by atoms with E-state index in [2.05, 4.69) is 24.1 Å². The summed E-state index contributed by atoms with van der Waals surface area (Å²) in [7, 11) is -3.20. The van der Waals surface area contributed by atoms with Crippen LogP contribution in [0.4, 0.5) is 0 Å². The predicted molar refractivity (Wildman–Crippen MR) is 105 cm³/mol. The van der Waals surface area contributed by atoms with Gasteiger partial charge in [-0.2, -0.15) is 0 Å². The van der Waals surface area contributed by atoms with Crippen molar-refractivity contribution in [1.82, 2.24) is 14.5 Å². The van der Waals surface area contributed by atoms with Crippen LogP contribution in [-0.4, -0.2) is 68.6 Å². The van der Waals surface area contributed by atoms with Crippen LogP contribution in [0.5, 0.6) is 0 Å². The van der Waals surface area contributed by atoms with Gasteiger partial charge in [0.05, 0.1) is 11.7 Å². The van der Waals surface area contributed by atoms with Gasteiger partial charge in [0.1, 0.15) is 0 Å². The standard InChI is InChI=1S/C19H37N3O3S/c1-4-11-26(24,25)22-10-5-7-18(15-22)19(23)20-8-6-9-21-13-16(2)12-17(3)14-21/h16-18H,4-15H2,1-3H3,(H,20,23). The van der Waals surface area contributed by atoms with Crippen molar-refractivity contribution in [2.24, 2.45) is 17.8 Å². The minimum absolute atomic E-state index is 0.0155.